The highest BCUT2D eigenvalue weighted by Crippen LogP contribution is 2.43. The summed E-state index contributed by atoms with van der Waals surface area (Å²) in [5.41, 5.74) is 6.66. The number of para-hydroxylation sites is 1. The van der Waals surface area contributed by atoms with Gasteiger partial charge in [0.25, 0.3) is 0 Å². The molecular formula is C36H22O. The summed E-state index contributed by atoms with van der Waals surface area (Å²) in [6.45, 7) is 0. The molecule has 0 N–H and O–H groups in total. The largest absolute Gasteiger partial charge is 0.456 e. The van der Waals surface area contributed by atoms with Crippen LogP contribution in [-0.4, -0.2) is 0 Å². The summed E-state index contributed by atoms with van der Waals surface area (Å²) in [4.78, 5) is 0. The highest BCUT2D eigenvalue weighted by Gasteiger charge is 2.16. The lowest BCUT2D eigenvalue weighted by atomic mass is 9.87. The minimum atomic E-state index is 0.920. The van der Waals surface area contributed by atoms with Crippen molar-refractivity contribution in [1.29, 1.82) is 0 Å². The Hall–Kier alpha value is -4.88. The van der Waals surface area contributed by atoms with Gasteiger partial charge >= 0.3 is 0 Å². The van der Waals surface area contributed by atoms with Crippen molar-refractivity contribution < 1.29 is 4.42 Å². The normalized spacial score (nSPS) is 11.8. The van der Waals surface area contributed by atoms with Crippen molar-refractivity contribution >= 4 is 54.3 Å². The van der Waals surface area contributed by atoms with Gasteiger partial charge in [-0.1, -0.05) is 103 Å². The van der Waals surface area contributed by atoms with Crippen LogP contribution in [0.25, 0.3) is 76.5 Å². The van der Waals surface area contributed by atoms with E-state index in [-0.39, 0.29) is 0 Å². The van der Waals surface area contributed by atoms with Gasteiger partial charge in [0.2, 0.25) is 0 Å². The second-order valence-electron chi connectivity index (χ2n) is 9.71. The Morgan fingerprint density at radius 1 is 0.324 bits per heavy atom. The third-order valence-corrected chi connectivity index (χ3v) is 7.64. The molecule has 37 heavy (non-hydrogen) atoms. The number of hydrogen-bond acceptors (Lipinski definition) is 1. The number of fused-ring (bicyclic) bond motifs is 9. The van der Waals surface area contributed by atoms with Crippen LogP contribution in [-0.2, 0) is 0 Å². The molecule has 0 aliphatic heterocycles. The molecule has 0 radical (unpaired) electrons. The zero-order chi connectivity index (χ0) is 24.3. The Morgan fingerprint density at radius 2 is 0.919 bits per heavy atom. The lowest BCUT2D eigenvalue weighted by molar-refractivity contribution is 0.669. The van der Waals surface area contributed by atoms with E-state index < -0.39 is 0 Å². The highest BCUT2D eigenvalue weighted by molar-refractivity contribution is 6.29. The quantitative estimate of drug-likeness (QED) is 0.229. The Morgan fingerprint density at radius 3 is 1.70 bits per heavy atom. The predicted molar refractivity (Wildman–Crippen MR) is 157 cm³/mol. The third-order valence-electron chi connectivity index (χ3n) is 7.64. The molecule has 172 valence electrons. The Kier molecular flexibility index (Phi) is 4.29. The van der Waals surface area contributed by atoms with Gasteiger partial charge in [0.1, 0.15) is 11.2 Å². The number of hydrogen-bond donors (Lipinski definition) is 0. The maximum Gasteiger partial charge on any atom is 0.136 e. The van der Waals surface area contributed by atoms with Crippen molar-refractivity contribution in [1.82, 2.24) is 0 Å². The van der Waals surface area contributed by atoms with Gasteiger partial charge in [0, 0.05) is 10.8 Å². The van der Waals surface area contributed by atoms with Gasteiger partial charge in [-0.25, -0.2) is 0 Å². The average Bonchev–Trinajstić information content (AvgIpc) is 3.35. The summed E-state index contributed by atoms with van der Waals surface area (Å²) >= 11 is 0. The van der Waals surface area contributed by atoms with E-state index in [1.807, 2.05) is 12.1 Å². The Labute approximate surface area is 214 Å². The van der Waals surface area contributed by atoms with Gasteiger partial charge < -0.3 is 4.42 Å². The van der Waals surface area contributed by atoms with Crippen LogP contribution in [0.2, 0.25) is 0 Å². The summed E-state index contributed by atoms with van der Waals surface area (Å²) in [7, 11) is 0. The maximum absolute atomic E-state index is 6.24. The lowest BCUT2D eigenvalue weighted by Gasteiger charge is -2.16. The molecular weight excluding hydrogens is 448 g/mol. The molecule has 1 heteroatoms. The molecule has 0 aliphatic carbocycles. The van der Waals surface area contributed by atoms with Crippen LogP contribution >= 0.6 is 0 Å². The van der Waals surface area contributed by atoms with Crippen LogP contribution in [0.4, 0.5) is 0 Å². The molecule has 0 spiro atoms. The summed E-state index contributed by atoms with van der Waals surface area (Å²) in [5.74, 6) is 0. The zero-order valence-electron chi connectivity index (χ0n) is 20.1. The summed E-state index contributed by atoms with van der Waals surface area (Å²) < 4.78 is 6.24. The van der Waals surface area contributed by atoms with Crippen LogP contribution in [0.15, 0.2) is 138 Å². The minimum Gasteiger partial charge on any atom is -0.456 e. The Balaban J connectivity index is 1.51. The van der Waals surface area contributed by atoms with E-state index in [4.69, 9.17) is 4.42 Å². The van der Waals surface area contributed by atoms with Crippen LogP contribution < -0.4 is 0 Å². The fraction of sp³-hybridized carbons (Fsp3) is 0. The molecule has 1 aromatic heterocycles. The highest BCUT2D eigenvalue weighted by atomic mass is 16.3. The van der Waals surface area contributed by atoms with Gasteiger partial charge in [0.15, 0.2) is 0 Å². The molecule has 0 aliphatic rings. The van der Waals surface area contributed by atoms with E-state index in [1.54, 1.807) is 0 Å². The van der Waals surface area contributed by atoms with E-state index in [0.717, 1.165) is 27.5 Å². The lowest BCUT2D eigenvalue weighted by Crippen LogP contribution is -1.89. The van der Waals surface area contributed by atoms with Gasteiger partial charge in [-0.15, -0.1) is 0 Å². The number of rotatable bonds is 2. The number of benzene rings is 7. The van der Waals surface area contributed by atoms with Crippen molar-refractivity contribution in [2.75, 3.05) is 0 Å². The van der Waals surface area contributed by atoms with Crippen molar-refractivity contribution in [3.63, 3.8) is 0 Å². The van der Waals surface area contributed by atoms with Crippen LogP contribution in [0, 0.1) is 0 Å². The summed E-state index contributed by atoms with van der Waals surface area (Å²) in [6.07, 6.45) is 0. The van der Waals surface area contributed by atoms with Crippen molar-refractivity contribution in [3.05, 3.63) is 133 Å². The SMILES string of the molecule is c1ccc(-c2cc(-c3ccc4c(c3)oc3ccccc34)cc3c4ccccc4c4ccccc4c23)cc1. The molecule has 0 saturated heterocycles. The van der Waals surface area contributed by atoms with E-state index >= 15 is 0 Å². The molecule has 7 aromatic carbocycles. The molecule has 0 bridgehead atoms. The molecule has 8 rings (SSSR count). The van der Waals surface area contributed by atoms with E-state index in [1.165, 1.54) is 49.0 Å². The first kappa shape index (κ1) is 20.3. The topological polar surface area (TPSA) is 13.1 Å². The first-order valence-corrected chi connectivity index (χ1v) is 12.7. The molecule has 8 aromatic rings. The summed E-state index contributed by atoms with van der Waals surface area (Å²) in [5, 5.41) is 10.0. The standard InChI is InChI=1S/C36H22O/c1-2-10-23(11-3-1)32-20-25(24-18-19-30-29-15-8-9-17-34(29)37-35(30)22-24)21-33-28-14-5-4-12-26(28)27-13-6-7-16-31(27)36(32)33/h1-22H. The van der Waals surface area contributed by atoms with Crippen molar-refractivity contribution in [3.8, 4) is 22.3 Å². The number of furan rings is 1. The van der Waals surface area contributed by atoms with Crippen molar-refractivity contribution in [2.45, 2.75) is 0 Å². The molecule has 0 amide bonds. The molecule has 1 nitrogen and oxygen atoms in total. The van der Waals surface area contributed by atoms with E-state index in [9.17, 15) is 0 Å². The first-order chi connectivity index (χ1) is 18.3. The van der Waals surface area contributed by atoms with Gasteiger partial charge in [-0.3, -0.25) is 0 Å². The smallest absolute Gasteiger partial charge is 0.136 e. The average molecular weight is 471 g/mol. The van der Waals surface area contributed by atoms with Gasteiger partial charge in [-0.05, 0) is 84.9 Å². The van der Waals surface area contributed by atoms with Gasteiger partial charge in [0.05, 0.1) is 0 Å². The maximum atomic E-state index is 6.24. The van der Waals surface area contributed by atoms with E-state index in [2.05, 4.69) is 121 Å². The second kappa shape index (κ2) is 7.81. The van der Waals surface area contributed by atoms with Crippen LogP contribution in [0.5, 0.6) is 0 Å². The second-order valence-corrected chi connectivity index (χ2v) is 9.71. The fourth-order valence-electron chi connectivity index (χ4n) is 5.95. The first-order valence-electron chi connectivity index (χ1n) is 12.7. The monoisotopic (exact) mass is 470 g/mol. The predicted octanol–water partition coefficient (Wildman–Crippen LogP) is 10.4. The molecule has 0 atom stereocenters. The van der Waals surface area contributed by atoms with Gasteiger partial charge in [-0.2, -0.15) is 0 Å². The fourth-order valence-corrected chi connectivity index (χ4v) is 5.95. The van der Waals surface area contributed by atoms with Crippen molar-refractivity contribution in [2.24, 2.45) is 0 Å². The summed E-state index contributed by atoms with van der Waals surface area (Å²) in [6, 6.07) is 47.9. The molecule has 1 heterocycles. The van der Waals surface area contributed by atoms with Crippen LogP contribution in [0.1, 0.15) is 0 Å². The molecule has 0 fully saturated rings. The van der Waals surface area contributed by atoms with Crippen LogP contribution in [0.3, 0.4) is 0 Å². The van der Waals surface area contributed by atoms with E-state index in [0.29, 0.717) is 0 Å². The third kappa shape index (κ3) is 3.04. The Bertz CT molecular complexity index is 2130. The zero-order valence-corrected chi connectivity index (χ0v) is 20.1. The minimum absolute atomic E-state index is 0.920. The molecule has 0 unspecified atom stereocenters. The molecule has 0 saturated carbocycles.